The predicted octanol–water partition coefficient (Wildman–Crippen LogP) is 1.62. The monoisotopic (exact) mass is 210 g/mol. The zero-order valence-electron chi connectivity index (χ0n) is 9.15. The molecule has 0 heterocycles. The van der Waals surface area contributed by atoms with Crippen LogP contribution >= 0.6 is 0 Å². The molecule has 4 nitrogen and oxygen atoms in total. The molecule has 1 fully saturated rings. The fourth-order valence-corrected chi connectivity index (χ4v) is 2.36. The molecule has 0 bridgehead atoms. The topological polar surface area (TPSA) is 64.3 Å². The van der Waals surface area contributed by atoms with Crippen molar-refractivity contribution in [3.8, 4) is 6.07 Å². The lowest BCUT2D eigenvalue weighted by Gasteiger charge is -2.31. The quantitative estimate of drug-likeness (QED) is 0.700. The SMILES string of the molecule is CCC(C(=O)O)N(CC#N)C1CCCC1. The highest BCUT2D eigenvalue weighted by Gasteiger charge is 2.31. The number of carboxylic acids is 1. The minimum atomic E-state index is -0.806. The van der Waals surface area contributed by atoms with Gasteiger partial charge in [0, 0.05) is 6.04 Å². The van der Waals surface area contributed by atoms with Gasteiger partial charge in [0.1, 0.15) is 6.04 Å². The Morgan fingerprint density at radius 2 is 2.20 bits per heavy atom. The van der Waals surface area contributed by atoms with E-state index in [0.29, 0.717) is 12.5 Å². The van der Waals surface area contributed by atoms with Crippen molar-refractivity contribution in [2.24, 2.45) is 0 Å². The molecule has 84 valence electrons. The van der Waals surface area contributed by atoms with Gasteiger partial charge in [0.05, 0.1) is 12.6 Å². The third-order valence-corrected chi connectivity index (χ3v) is 3.12. The first-order valence-electron chi connectivity index (χ1n) is 5.56. The van der Waals surface area contributed by atoms with E-state index >= 15 is 0 Å². The maximum atomic E-state index is 11.1. The Balaban J connectivity index is 2.70. The highest BCUT2D eigenvalue weighted by Crippen LogP contribution is 2.25. The van der Waals surface area contributed by atoms with Crippen LogP contribution in [0.4, 0.5) is 0 Å². The maximum absolute atomic E-state index is 11.1. The van der Waals surface area contributed by atoms with Crippen LogP contribution < -0.4 is 0 Å². The molecule has 1 unspecified atom stereocenters. The number of carbonyl (C=O) groups is 1. The van der Waals surface area contributed by atoms with Crippen LogP contribution in [0, 0.1) is 11.3 Å². The van der Waals surface area contributed by atoms with Crippen molar-refractivity contribution in [3.05, 3.63) is 0 Å². The fourth-order valence-electron chi connectivity index (χ4n) is 2.36. The van der Waals surface area contributed by atoms with Crippen molar-refractivity contribution < 1.29 is 9.90 Å². The molecule has 0 saturated heterocycles. The molecule has 1 aliphatic carbocycles. The summed E-state index contributed by atoms with van der Waals surface area (Å²) >= 11 is 0. The zero-order chi connectivity index (χ0) is 11.3. The Hall–Kier alpha value is -1.08. The summed E-state index contributed by atoms with van der Waals surface area (Å²) in [6.07, 6.45) is 4.94. The summed E-state index contributed by atoms with van der Waals surface area (Å²) in [5.74, 6) is -0.806. The summed E-state index contributed by atoms with van der Waals surface area (Å²) in [5, 5.41) is 17.8. The van der Waals surface area contributed by atoms with Gasteiger partial charge < -0.3 is 5.11 Å². The number of aliphatic carboxylic acids is 1. The Morgan fingerprint density at radius 3 is 2.60 bits per heavy atom. The van der Waals surface area contributed by atoms with Crippen molar-refractivity contribution in [1.82, 2.24) is 4.90 Å². The average molecular weight is 210 g/mol. The number of hydrogen-bond acceptors (Lipinski definition) is 3. The van der Waals surface area contributed by atoms with Gasteiger partial charge in [-0.1, -0.05) is 19.8 Å². The van der Waals surface area contributed by atoms with Crippen molar-refractivity contribution in [3.63, 3.8) is 0 Å². The molecule has 0 spiro atoms. The molecule has 0 aliphatic heterocycles. The fraction of sp³-hybridized carbons (Fsp3) is 0.818. The van der Waals surface area contributed by atoms with Crippen LogP contribution in [0.15, 0.2) is 0 Å². The van der Waals surface area contributed by atoms with E-state index in [9.17, 15) is 4.79 Å². The van der Waals surface area contributed by atoms with E-state index in [0.717, 1.165) is 25.7 Å². The van der Waals surface area contributed by atoms with Gasteiger partial charge in [-0.25, -0.2) is 0 Å². The van der Waals surface area contributed by atoms with Crippen molar-refractivity contribution in [2.75, 3.05) is 6.54 Å². The highest BCUT2D eigenvalue weighted by molar-refractivity contribution is 5.73. The third-order valence-electron chi connectivity index (χ3n) is 3.12. The van der Waals surface area contributed by atoms with Crippen molar-refractivity contribution in [1.29, 1.82) is 5.26 Å². The van der Waals surface area contributed by atoms with E-state index in [4.69, 9.17) is 10.4 Å². The first kappa shape index (κ1) is 12.0. The van der Waals surface area contributed by atoms with Crippen molar-refractivity contribution >= 4 is 5.97 Å². The number of nitrogens with zero attached hydrogens (tertiary/aromatic N) is 2. The molecule has 1 aliphatic rings. The first-order valence-corrected chi connectivity index (χ1v) is 5.56. The summed E-state index contributed by atoms with van der Waals surface area (Å²) in [4.78, 5) is 12.9. The lowest BCUT2D eigenvalue weighted by Crippen LogP contribution is -2.46. The second kappa shape index (κ2) is 5.72. The summed E-state index contributed by atoms with van der Waals surface area (Å²) in [7, 11) is 0. The molecule has 1 rings (SSSR count). The van der Waals surface area contributed by atoms with E-state index in [1.54, 1.807) is 0 Å². The second-order valence-corrected chi connectivity index (χ2v) is 4.03. The summed E-state index contributed by atoms with van der Waals surface area (Å²) in [6, 6.07) is 1.88. The van der Waals surface area contributed by atoms with Gasteiger partial charge in [0.2, 0.25) is 0 Å². The summed E-state index contributed by atoms with van der Waals surface area (Å²) < 4.78 is 0. The van der Waals surface area contributed by atoms with Gasteiger partial charge in [-0.05, 0) is 19.3 Å². The summed E-state index contributed by atoms with van der Waals surface area (Å²) in [5.41, 5.74) is 0. The zero-order valence-corrected chi connectivity index (χ0v) is 9.15. The molecule has 0 amide bonds. The molecule has 0 radical (unpaired) electrons. The molecule has 1 atom stereocenters. The second-order valence-electron chi connectivity index (χ2n) is 4.03. The van der Waals surface area contributed by atoms with E-state index in [1.807, 2.05) is 11.8 Å². The van der Waals surface area contributed by atoms with Gasteiger partial charge in [0.15, 0.2) is 0 Å². The Labute approximate surface area is 90.5 Å². The molecule has 4 heteroatoms. The number of carboxylic acid groups (broad SMARTS) is 1. The molecular formula is C11H18N2O2. The van der Waals surface area contributed by atoms with Crippen LogP contribution in [0.5, 0.6) is 0 Å². The standard InChI is InChI=1S/C11H18N2O2/c1-2-10(11(14)15)13(8-7-12)9-5-3-4-6-9/h9-10H,2-6,8H2,1H3,(H,14,15). The van der Waals surface area contributed by atoms with Crippen LogP contribution in [0.2, 0.25) is 0 Å². The van der Waals surface area contributed by atoms with Gasteiger partial charge in [-0.3, -0.25) is 9.69 Å². The maximum Gasteiger partial charge on any atom is 0.320 e. The van der Waals surface area contributed by atoms with Gasteiger partial charge in [-0.2, -0.15) is 5.26 Å². The number of nitriles is 1. The minimum Gasteiger partial charge on any atom is -0.480 e. The molecular weight excluding hydrogens is 192 g/mol. The number of hydrogen-bond donors (Lipinski definition) is 1. The van der Waals surface area contributed by atoms with Crippen molar-refractivity contribution in [2.45, 2.75) is 51.1 Å². The van der Waals surface area contributed by atoms with Gasteiger partial charge in [0.25, 0.3) is 0 Å². The largest absolute Gasteiger partial charge is 0.480 e. The molecule has 0 aromatic carbocycles. The predicted molar refractivity (Wildman–Crippen MR) is 56.3 cm³/mol. The number of rotatable bonds is 5. The third kappa shape index (κ3) is 2.93. The van der Waals surface area contributed by atoms with E-state index in [1.165, 1.54) is 0 Å². The van der Waals surface area contributed by atoms with Crippen LogP contribution in [-0.2, 0) is 4.79 Å². The normalized spacial score (nSPS) is 19.0. The van der Waals surface area contributed by atoms with Gasteiger partial charge >= 0.3 is 5.97 Å². The average Bonchev–Trinajstić information content (AvgIpc) is 2.69. The first-order chi connectivity index (χ1) is 7.20. The smallest absolute Gasteiger partial charge is 0.320 e. The molecule has 0 aromatic rings. The van der Waals surface area contributed by atoms with Gasteiger partial charge in [-0.15, -0.1) is 0 Å². The molecule has 15 heavy (non-hydrogen) atoms. The lowest BCUT2D eigenvalue weighted by molar-refractivity contribution is -0.144. The van der Waals surface area contributed by atoms with Crippen LogP contribution in [0.3, 0.4) is 0 Å². The highest BCUT2D eigenvalue weighted by atomic mass is 16.4. The van der Waals surface area contributed by atoms with Crippen LogP contribution in [0.1, 0.15) is 39.0 Å². The Kier molecular flexibility index (Phi) is 4.57. The van der Waals surface area contributed by atoms with Crippen LogP contribution in [0.25, 0.3) is 0 Å². The molecule has 1 saturated carbocycles. The lowest BCUT2D eigenvalue weighted by atomic mass is 10.1. The summed E-state index contributed by atoms with van der Waals surface area (Å²) in [6.45, 7) is 2.09. The van der Waals surface area contributed by atoms with Crippen LogP contribution in [-0.4, -0.2) is 34.6 Å². The van der Waals surface area contributed by atoms with E-state index < -0.39 is 12.0 Å². The Bertz CT molecular complexity index is 254. The van der Waals surface area contributed by atoms with E-state index in [-0.39, 0.29) is 6.54 Å². The van der Waals surface area contributed by atoms with E-state index in [2.05, 4.69) is 6.07 Å². The molecule has 0 aromatic heterocycles. The molecule has 1 N–H and O–H groups in total. The Morgan fingerprint density at radius 1 is 1.60 bits per heavy atom. The minimum absolute atomic E-state index is 0.232.